The Balaban J connectivity index is 1.18. The van der Waals surface area contributed by atoms with Crippen LogP contribution in [0.15, 0.2) is 170 Å². The van der Waals surface area contributed by atoms with E-state index in [1.165, 1.54) is 22.3 Å². The molecule has 292 valence electrons. The van der Waals surface area contributed by atoms with Crippen LogP contribution < -0.4 is 9.47 Å². The summed E-state index contributed by atoms with van der Waals surface area (Å²) in [5.74, 6) is 13.8. The number of fused-ring (bicyclic) bond motifs is 2. The molecule has 6 nitrogen and oxygen atoms in total. The van der Waals surface area contributed by atoms with Gasteiger partial charge in [-0.3, -0.25) is 9.80 Å². The number of para-hydroxylation sites is 2. The first kappa shape index (κ1) is 40.1. The molecule has 6 heteroatoms. The van der Waals surface area contributed by atoms with E-state index in [0.29, 0.717) is 39.5 Å². The molecule has 0 spiro atoms. The Morgan fingerprint density at radius 2 is 0.793 bits per heavy atom. The van der Waals surface area contributed by atoms with Crippen LogP contribution in [0.5, 0.6) is 11.5 Å². The summed E-state index contributed by atoms with van der Waals surface area (Å²) in [5.41, 5.74) is 6.97. The van der Waals surface area contributed by atoms with Gasteiger partial charge in [-0.25, -0.2) is 0 Å². The summed E-state index contributed by atoms with van der Waals surface area (Å²) in [6, 6.07) is 58.7. The van der Waals surface area contributed by atoms with Gasteiger partial charge >= 0.3 is 0 Å². The van der Waals surface area contributed by atoms with Gasteiger partial charge in [-0.1, -0.05) is 170 Å². The lowest BCUT2D eigenvalue weighted by atomic mass is 10.0. The van der Waals surface area contributed by atoms with Gasteiger partial charge in [0.15, 0.2) is 0 Å². The minimum atomic E-state index is -0.0415. The number of nitrogens with zero attached hydrogens (tertiary/aromatic N) is 2. The van der Waals surface area contributed by atoms with Crippen LogP contribution in [0.25, 0.3) is 0 Å². The maximum atomic E-state index is 6.51. The van der Waals surface area contributed by atoms with Crippen LogP contribution in [-0.2, 0) is 35.7 Å². The van der Waals surface area contributed by atoms with E-state index in [-0.39, 0.29) is 25.3 Å². The smallest absolute Gasteiger partial charge is 0.123 e. The molecule has 1 heterocycles. The van der Waals surface area contributed by atoms with E-state index in [4.69, 9.17) is 18.9 Å². The third-order valence-corrected chi connectivity index (χ3v) is 10.1. The molecule has 0 unspecified atom stereocenters. The second-order valence-electron chi connectivity index (χ2n) is 14.2. The third-order valence-electron chi connectivity index (χ3n) is 10.1. The Bertz CT molecular complexity index is 2080. The average Bonchev–Trinajstić information content (AvgIpc) is 3.27. The lowest BCUT2D eigenvalue weighted by Gasteiger charge is -2.33. The molecule has 0 N–H and O–H groups in total. The van der Waals surface area contributed by atoms with E-state index in [0.717, 1.165) is 35.7 Å². The summed E-state index contributed by atoms with van der Waals surface area (Å²) >= 11 is 0. The molecule has 7 rings (SSSR count). The van der Waals surface area contributed by atoms with Crippen LogP contribution in [0.4, 0.5) is 0 Å². The van der Waals surface area contributed by atoms with Crippen LogP contribution in [0.1, 0.15) is 45.5 Å². The van der Waals surface area contributed by atoms with E-state index >= 15 is 0 Å². The van der Waals surface area contributed by atoms with Crippen molar-refractivity contribution in [3.8, 4) is 35.2 Å². The lowest BCUT2D eigenvalue weighted by Crippen LogP contribution is -2.31. The summed E-state index contributed by atoms with van der Waals surface area (Å²) in [7, 11) is 0. The van der Waals surface area contributed by atoms with Gasteiger partial charge in [-0.15, -0.1) is 0 Å². The molecule has 0 saturated carbocycles. The Kier molecular flexibility index (Phi) is 15.2. The zero-order chi connectivity index (χ0) is 39.5. The summed E-state index contributed by atoms with van der Waals surface area (Å²) in [6.45, 7) is 4.98. The second kappa shape index (κ2) is 22.0. The number of hydrogen-bond donors (Lipinski definition) is 0. The van der Waals surface area contributed by atoms with Gasteiger partial charge in [-0.2, -0.15) is 0 Å². The highest BCUT2D eigenvalue weighted by molar-refractivity contribution is 5.36. The molecule has 0 aromatic heterocycles. The standard InChI is InChI=1S/C52H50N2O4/c1-2-20-34-56-42-50(46-27-13-6-14-28-46)54(38-44-23-9-4-10-24-44)40-48-30-16-18-32-52(48)58-36-35-57-51-31-17-15-29-47(51)39-53(37-43-21-7-3-8-22-43)49(41-55-33-19-1)45-25-11-5-12-26-45/h3-18,21-32,49-50H,33-42H2/t49-,50-/m0/s1. The Hall–Kier alpha value is -6.12. The highest BCUT2D eigenvalue weighted by atomic mass is 16.5. The number of hydrogen-bond acceptors (Lipinski definition) is 6. The molecule has 0 radical (unpaired) electrons. The molecule has 0 bridgehead atoms. The number of benzene rings is 6. The summed E-state index contributed by atoms with van der Waals surface area (Å²) in [6.07, 6.45) is 0. The Morgan fingerprint density at radius 1 is 0.431 bits per heavy atom. The zero-order valence-corrected chi connectivity index (χ0v) is 32.9. The van der Waals surface area contributed by atoms with Gasteiger partial charge in [-0.05, 0) is 46.2 Å². The van der Waals surface area contributed by atoms with Crippen LogP contribution in [0.3, 0.4) is 0 Å². The topological polar surface area (TPSA) is 43.4 Å². The Morgan fingerprint density at radius 3 is 1.21 bits per heavy atom. The lowest BCUT2D eigenvalue weighted by molar-refractivity contribution is 0.0647. The number of ether oxygens (including phenoxy) is 4. The van der Waals surface area contributed by atoms with Crippen molar-refractivity contribution in [1.82, 2.24) is 9.80 Å². The van der Waals surface area contributed by atoms with E-state index in [1.807, 2.05) is 36.4 Å². The van der Waals surface area contributed by atoms with Gasteiger partial charge in [0.25, 0.3) is 0 Å². The summed E-state index contributed by atoms with van der Waals surface area (Å²) in [5, 5.41) is 0. The molecule has 6 aromatic rings. The van der Waals surface area contributed by atoms with Gasteiger partial charge in [0.2, 0.25) is 0 Å². The maximum Gasteiger partial charge on any atom is 0.123 e. The van der Waals surface area contributed by atoms with Crippen LogP contribution in [0, 0.1) is 23.7 Å². The van der Waals surface area contributed by atoms with Crippen LogP contribution in [0.2, 0.25) is 0 Å². The fourth-order valence-electron chi connectivity index (χ4n) is 7.26. The van der Waals surface area contributed by atoms with Crippen molar-refractivity contribution >= 4 is 0 Å². The highest BCUT2D eigenvalue weighted by Crippen LogP contribution is 2.31. The molecule has 58 heavy (non-hydrogen) atoms. The normalized spacial score (nSPS) is 17.6. The first-order valence-corrected chi connectivity index (χ1v) is 20.0. The minimum Gasteiger partial charge on any atom is -0.490 e. The van der Waals surface area contributed by atoms with E-state index in [1.54, 1.807) is 0 Å². The van der Waals surface area contributed by atoms with Crippen LogP contribution in [-0.4, -0.2) is 49.4 Å². The molecule has 1 aliphatic heterocycles. The molecule has 0 saturated heterocycles. The molecule has 6 aromatic carbocycles. The van der Waals surface area contributed by atoms with Crippen molar-refractivity contribution in [2.24, 2.45) is 0 Å². The third kappa shape index (κ3) is 11.9. The fraction of sp³-hybridized carbons (Fsp3) is 0.231. The van der Waals surface area contributed by atoms with Crippen molar-refractivity contribution in [1.29, 1.82) is 0 Å². The van der Waals surface area contributed by atoms with Crippen molar-refractivity contribution in [3.05, 3.63) is 203 Å². The minimum absolute atomic E-state index is 0.0415. The first-order chi connectivity index (χ1) is 28.8. The van der Waals surface area contributed by atoms with E-state index in [9.17, 15) is 0 Å². The largest absolute Gasteiger partial charge is 0.490 e. The van der Waals surface area contributed by atoms with Crippen molar-refractivity contribution in [2.45, 2.75) is 38.3 Å². The van der Waals surface area contributed by atoms with Crippen LogP contribution >= 0.6 is 0 Å². The Labute approximate surface area is 344 Å². The van der Waals surface area contributed by atoms with Crippen molar-refractivity contribution in [3.63, 3.8) is 0 Å². The average molecular weight is 767 g/mol. The first-order valence-electron chi connectivity index (χ1n) is 20.0. The zero-order valence-electron chi connectivity index (χ0n) is 32.9. The molecule has 2 atom stereocenters. The van der Waals surface area contributed by atoms with Gasteiger partial charge in [0, 0.05) is 37.3 Å². The predicted octanol–water partition coefficient (Wildman–Crippen LogP) is 9.68. The molecular formula is C52H50N2O4. The summed E-state index contributed by atoms with van der Waals surface area (Å²) < 4.78 is 25.6. The van der Waals surface area contributed by atoms with Crippen molar-refractivity contribution in [2.75, 3.05) is 39.6 Å². The second-order valence-corrected chi connectivity index (χ2v) is 14.2. The molecule has 0 fully saturated rings. The van der Waals surface area contributed by atoms with E-state index < -0.39 is 0 Å². The quantitative estimate of drug-likeness (QED) is 0.158. The fourth-order valence-corrected chi connectivity index (χ4v) is 7.26. The summed E-state index contributed by atoms with van der Waals surface area (Å²) in [4.78, 5) is 4.90. The van der Waals surface area contributed by atoms with Crippen molar-refractivity contribution < 1.29 is 18.9 Å². The monoisotopic (exact) mass is 766 g/mol. The number of rotatable bonds is 6. The highest BCUT2D eigenvalue weighted by Gasteiger charge is 2.24. The SMILES string of the molecule is C1#CCOC[C@@H](c2ccccc2)N(Cc2ccccc2)Cc2ccccc2OCCOc2ccccc2CN(Cc2ccccc2)[C@H](c2ccccc2)COCC#C1. The molecule has 0 aliphatic carbocycles. The predicted molar refractivity (Wildman–Crippen MR) is 231 cm³/mol. The molecule has 0 amide bonds. The molecular weight excluding hydrogens is 717 g/mol. The maximum absolute atomic E-state index is 6.51. The van der Waals surface area contributed by atoms with E-state index in [2.05, 4.69) is 167 Å². The molecule has 1 aliphatic rings. The van der Waals surface area contributed by atoms with Gasteiger partial charge in [0.1, 0.15) is 37.9 Å². The van der Waals surface area contributed by atoms with Gasteiger partial charge in [0.05, 0.1) is 25.3 Å². The van der Waals surface area contributed by atoms with Gasteiger partial charge < -0.3 is 18.9 Å².